The molecule has 0 saturated carbocycles. The number of allylic oxidation sites excluding steroid dienone is 1. The van der Waals surface area contributed by atoms with Crippen molar-refractivity contribution in [1.82, 2.24) is 0 Å². The van der Waals surface area contributed by atoms with Gasteiger partial charge in [-0.2, -0.15) is 0 Å². The summed E-state index contributed by atoms with van der Waals surface area (Å²) in [6.45, 7) is 7.87. The van der Waals surface area contributed by atoms with Crippen LogP contribution in [0.15, 0.2) is 11.6 Å². The summed E-state index contributed by atoms with van der Waals surface area (Å²) >= 11 is 0. The molecule has 0 aromatic rings. The zero-order valence-corrected chi connectivity index (χ0v) is 11.5. The predicted octanol–water partition coefficient (Wildman–Crippen LogP) is 3.07. The van der Waals surface area contributed by atoms with E-state index in [1.165, 1.54) is 0 Å². The fraction of sp³-hybridized carbons (Fsp3) is 0.786. The third kappa shape index (κ3) is 7.16. The van der Waals surface area contributed by atoms with Crippen molar-refractivity contribution >= 4 is 5.97 Å². The van der Waals surface area contributed by atoms with E-state index in [0.29, 0.717) is 5.57 Å². The Bertz CT molecular complexity index is 246. The first-order chi connectivity index (χ1) is 8.02. The molecule has 0 heterocycles. The van der Waals surface area contributed by atoms with Crippen LogP contribution in [0.25, 0.3) is 0 Å². The van der Waals surface area contributed by atoms with Gasteiger partial charge in [0.25, 0.3) is 0 Å². The summed E-state index contributed by atoms with van der Waals surface area (Å²) in [7, 11) is 0. The van der Waals surface area contributed by atoms with Gasteiger partial charge < -0.3 is 9.84 Å². The van der Waals surface area contributed by atoms with Gasteiger partial charge in [0.05, 0.1) is 12.7 Å². The lowest BCUT2D eigenvalue weighted by Gasteiger charge is -2.18. The zero-order valence-electron chi connectivity index (χ0n) is 11.5. The van der Waals surface area contributed by atoms with Gasteiger partial charge in [0.2, 0.25) is 0 Å². The van der Waals surface area contributed by atoms with Crippen molar-refractivity contribution < 1.29 is 14.6 Å². The van der Waals surface area contributed by atoms with Gasteiger partial charge in [0.15, 0.2) is 0 Å². The van der Waals surface area contributed by atoms with Gasteiger partial charge in [-0.25, -0.2) is 4.79 Å². The molecule has 1 N–H and O–H groups in total. The molecular weight excluding hydrogens is 216 g/mol. The quantitative estimate of drug-likeness (QED) is 0.404. The Kier molecular flexibility index (Phi) is 8.78. The fourth-order valence-corrected chi connectivity index (χ4v) is 1.44. The minimum atomic E-state index is -0.375. The Morgan fingerprint density at radius 1 is 1.41 bits per heavy atom. The largest absolute Gasteiger partial charge is 0.462 e. The third-order valence-electron chi connectivity index (χ3n) is 2.99. The highest BCUT2D eigenvalue weighted by Crippen LogP contribution is 2.12. The van der Waals surface area contributed by atoms with Crippen LogP contribution in [0.1, 0.15) is 53.4 Å². The number of aliphatic hydroxyl groups is 1. The van der Waals surface area contributed by atoms with Gasteiger partial charge in [-0.1, -0.05) is 39.2 Å². The minimum absolute atomic E-state index is 0.000428. The lowest BCUT2D eigenvalue weighted by atomic mass is 10.00. The Balaban J connectivity index is 3.84. The van der Waals surface area contributed by atoms with Crippen molar-refractivity contribution in [2.24, 2.45) is 5.92 Å². The van der Waals surface area contributed by atoms with E-state index in [1.54, 1.807) is 19.9 Å². The molecule has 17 heavy (non-hydrogen) atoms. The molecule has 2 unspecified atom stereocenters. The van der Waals surface area contributed by atoms with E-state index in [1.807, 2.05) is 6.92 Å². The Morgan fingerprint density at radius 2 is 2.06 bits per heavy atom. The van der Waals surface area contributed by atoms with Crippen molar-refractivity contribution in [2.45, 2.75) is 59.5 Å². The molecule has 0 rings (SSSR count). The van der Waals surface area contributed by atoms with Crippen molar-refractivity contribution in [3.63, 3.8) is 0 Å². The third-order valence-corrected chi connectivity index (χ3v) is 2.99. The number of esters is 1. The smallest absolute Gasteiger partial charge is 0.333 e. The highest BCUT2D eigenvalue weighted by molar-refractivity contribution is 5.87. The number of carbonyl (C=O) groups is 1. The van der Waals surface area contributed by atoms with Crippen molar-refractivity contribution in [1.29, 1.82) is 0 Å². The summed E-state index contributed by atoms with van der Waals surface area (Å²) in [6.07, 6.45) is 5.46. The molecule has 0 fully saturated rings. The molecule has 0 aliphatic rings. The molecule has 0 radical (unpaired) electrons. The molecule has 0 spiro atoms. The number of aliphatic hydroxyl groups excluding tert-OH is 1. The van der Waals surface area contributed by atoms with Crippen LogP contribution in [0.2, 0.25) is 0 Å². The topological polar surface area (TPSA) is 46.5 Å². The summed E-state index contributed by atoms with van der Waals surface area (Å²) in [6, 6.07) is 0. The summed E-state index contributed by atoms with van der Waals surface area (Å²) in [5.74, 6) is -0.291. The minimum Gasteiger partial charge on any atom is -0.462 e. The zero-order chi connectivity index (χ0) is 13.3. The average Bonchev–Trinajstić information content (AvgIpc) is 2.34. The van der Waals surface area contributed by atoms with Gasteiger partial charge in [-0.15, -0.1) is 0 Å². The van der Waals surface area contributed by atoms with E-state index in [2.05, 4.69) is 6.92 Å². The van der Waals surface area contributed by atoms with E-state index in [-0.39, 0.29) is 24.6 Å². The number of hydrogen-bond acceptors (Lipinski definition) is 3. The number of hydrogen-bond donors (Lipinski definition) is 1. The van der Waals surface area contributed by atoms with Gasteiger partial charge in [-0.3, -0.25) is 0 Å². The molecule has 0 saturated heterocycles. The molecule has 0 aliphatic carbocycles. The van der Waals surface area contributed by atoms with E-state index in [4.69, 9.17) is 4.74 Å². The first-order valence-corrected chi connectivity index (χ1v) is 6.51. The summed E-state index contributed by atoms with van der Waals surface area (Å²) < 4.78 is 5.12. The second kappa shape index (κ2) is 9.23. The maximum absolute atomic E-state index is 11.4. The lowest BCUT2D eigenvalue weighted by molar-refractivity contribution is -0.141. The van der Waals surface area contributed by atoms with E-state index in [9.17, 15) is 9.90 Å². The molecule has 3 nitrogen and oxygen atoms in total. The molecular formula is C14H26O3. The fourth-order valence-electron chi connectivity index (χ4n) is 1.44. The second-order valence-electron chi connectivity index (χ2n) is 4.61. The molecule has 2 atom stereocenters. The van der Waals surface area contributed by atoms with Crippen LogP contribution < -0.4 is 0 Å². The van der Waals surface area contributed by atoms with Gasteiger partial charge in [0, 0.05) is 11.5 Å². The molecule has 0 aromatic carbocycles. The average molecular weight is 242 g/mol. The number of carbonyl (C=O) groups excluding carboxylic acids is 1. The Morgan fingerprint density at radius 3 is 2.59 bits per heavy atom. The van der Waals surface area contributed by atoms with Crippen LogP contribution in [0, 0.1) is 5.92 Å². The Labute approximate surface area is 105 Å². The van der Waals surface area contributed by atoms with Crippen LogP contribution in [0.3, 0.4) is 0 Å². The summed E-state index contributed by atoms with van der Waals surface area (Å²) in [4.78, 5) is 11.4. The van der Waals surface area contributed by atoms with E-state index >= 15 is 0 Å². The molecule has 3 heteroatoms. The second-order valence-corrected chi connectivity index (χ2v) is 4.61. The normalized spacial score (nSPS) is 15.5. The Hall–Kier alpha value is -0.830. The van der Waals surface area contributed by atoms with E-state index in [0.717, 1.165) is 25.7 Å². The summed E-state index contributed by atoms with van der Waals surface area (Å²) in [5, 5.41) is 9.85. The molecule has 100 valence electrons. The highest BCUT2D eigenvalue weighted by Gasteiger charge is 2.16. The summed E-state index contributed by atoms with van der Waals surface area (Å²) in [5.41, 5.74) is 0.609. The van der Waals surface area contributed by atoms with Crippen LogP contribution in [0.5, 0.6) is 0 Å². The predicted molar refractivity (Wildman–Crippen MR) is 69.7 cm³/mol. The van der Waals surface area contributed by atoms with Crippen LogP contribution in [-0.4, -0.2) is 23.8 Å². The van der Waals surface area contributed by atoms with Crippen LogP contribution >= 0.6 is 0 Å². The number of ether oxygens (including phenoxy) is 1. The van der Waals surface area contributed by atoms with Crippen molar-refractivity contribution in [3.05, 3.63) is 11.6 Å². The maximum Gasteiger partial charge on any atom is 0.333 e. The van der Waals surface area contributed by atoms with Crippen LogP contribution in [0.4, 0.5) is 0 Å². The molecule has 0 aliphatic heterocycles. The highest BCUT2D eigenvalue weighted by atomic mass is 16.5. The van der Waals surface area contributed by atoms with E-state index < -0.39 is 0 Å². The number of unbranched alkanes of at least 4 members (excludes halogenated alkanes) is 2. The van der Waals surface area contributed by atoms with Crippen molar-refractivity contribution in [2.75, 3.05) is 6.61 Å². The molecule has 0 aromatic heterocycles. The SMILES string of the molecule is CC=C(C)C(=O)OCC(C)C(O)CCCCC. The van der Waals surface area contributed by atoms with Crippen LogP contribution in [-0.2, 0) is 9.53 Å². The maximum atomic E-state index is 11.4. The van der Waals surface area contributed by atoms with Gasteiger partial charge in [0.1, 0.15) is 0 Å². The standard InChI is InChI=1S/C14H26O3/c1-5-7-8-9-13(15)12(4)10-17-14(16)11(3)6-2/h6,12-13,15H,5,7-10H2,1-4H3. The first-order valence-electron chi connectivity index (χ1n) is 6.51. The lowest BCUT2D eigenvalue weighted by Crippen LogP contribution is -2.24. The van der Waals surface area contributed by atoms with Gasteiger partial charge in [-0.05, 0) is 20.3 Å². The molecule has 0 bridgehead atoms. The first kappa shape index (κ1) is 16.2. The molecule has 0 amide bonds. The van der Waals surface area contributed by atoms with Crippen molar-refractivity contribution in [3.8, 4) is 0 Å². The van der Waals surface area contributed by atoms with Gasteiger partial charge >= 0.3 is 5.97 Å². The number of rotatable bonds is 8. The monoisotopic (exact) mass is 242 g/mol.